The topological polar surface area (TPSA) is 118 Å². The molecule has 0 heterocycles. The zero-order valence-electron chi connectivity index (χ0n) is 23.3. The standard InChI is InChI=1S/C18H36O2.C8H16O2.C2H4O2.Ca/c1-2-3-4-5-6-7-8-9-10-11-12-13-14-15-16-17-18(19)20;1-2-3-4-5-6-7-8(9)10;1-2(3)4;/h2-17H2,1H3,(H,19,20);2-7H2,1H3,(H,9,10);1H3,(H,3,4);/q;;;+2/p-2. The number of carboxylic acids is 3. The molecule has 0 aliphatic rings. The first-order valence-electron chi connectivity index (χ1n) is 13.9. The summed E-state index contributed by atoms with van der Waals surface area (Å²) in [7, 11) is 0. The first kappa shape index (κ1) is 41.8. The Labute approximate surface area is 246 Å². The summed E-state index contributed by atoms with van der Waals surface area (Å²) in [4.78, 5) is 29.1. The molecule has 0 bridgehead atoms. The molecule has 0 fully saturated rings. The number of hydrogen-bond donors (Lipinski definition) is 1. The summed E-state index contributed by atoms with van der Waals surface area (Å²) < 4.78 is 0. The van der Waals surface area contributed by atoms with Crippen LogP contribution in [0.5, 0.6) is 0 Å². The Balaban J connectivity index is -0.000000267. The maximum absolute atomic E-state index is 10.3. The van der Waals surface area contributed by atoms with E-state index in [4.69, 9.17) is 15.0 Å². The largest absolute Gasteiger partial charge is 2.00 e. The van der Waals surface area contributed by atoms with Crippen molar-refractivity contribution >= 4 is 55.6 Å². The molecule has 0 aromatic rings. The second-order valence-electron chi connectivity index (χ2n) is 9.12. The van der Waals surface area contributed by atoms with Crippen LogP contribution in [0.15, 0.2) is 0 Å². The van der Waals surface area contributed by atoms with Gasteiger partial charge < -0.3 is 24.9 Å². The van der Waals surface area contributed by atoms with E-state index in [0.717, 1.165) is 39.0 Å². The number of hydrogen-bond acceptors (Lipinski definition) is 5. The molecule has 6 nitrogen and oxygen atoms in total. The third-order valence-corrected chi connectivity index (χ3v) is 5.48. The number of rotatable bonds is 22. The summed E-state index contributed by atoms with van der Waals surface area (Å²) >= 11 is 0. The molecule has 0 aromatic heterocycles. The van der Waals surface area contributed by atoms with E-state index in [2.05, 4.69) is 13.8 Å². The summed E-state index contributed by atoms with van der Waals surface area (Å²) in [5, 5.41) is 27.3. The molecule has 0 saturated heterocycles. The van der Waals surface area contributed by atoms with Crippen molar-refractivity contribution in [1.82, 2.24) is 0 Å². The number of carbonyl (C=O) groups excluding carboxylic acids is 2. The second-order valence-corrected chi connectivity index (χ2v) is 9.12. The number of aliphatic carboxylic acids is 3. The van der Waals surface area contributed by atoms with Gasteiger partial charge in [0.1, 0.15) is 0 Å². The minimum atomic E-state index is -1.08. The van der Waals surface area contributed by atoms with Crippen molar-refractivity contribution in [2.75, 3.05) is 0 Å². The molecule has 0 aliphatic heterocycles. The summed E-state index contributed by atoms with van der Waals surface area (Å²) in [5.41, 5.74) is 0. The van der Waals surface area contributed by atoms with Gasteiger partial charge in [-0.1, -0.05) is 129 Å². The maximum atomic E-state index is 10.3. The molecule has 0 aromatic carbocycles. The molecule has 0 spiro atoms. The zero-order chi connectivity index (χ0) is 26.3. The van der Waals surface area contributed by atoms with Crippen molar-refractivity contribution < 1.29 is 29.7 Å². The third kappa shape index (κ3) is 60.3. The van der Waals surface area contributed by atoms with E-state index in [9.17, 15) is 14.7 Å². The minimum absolute atomic E-state index is 0. The third-order valence-electron chi connectivity index (χ3n) is 5.48. The number of unbranched alkanes of at least 4 members (excludes halogenated alkanes) is 18. The van der Waals surface area contributed by atoms with Crippen LogP contribution in [-0.4, -0.2) is 60.8 Å². The Bertz CT molecular complexity index is 439. The van der Waals surface area contributed by atoms with E-state index in [1.807, 2.05) is 0 Å². The van der Waals surface area contributed by atoms with Crippen molar-refractivity contribution in [1.29, 1.82) is 0 Å². The Morgan fingerprint density at radius 3 is 0.971 bits per heavy atom. The predicted octanol–water partition coefficient (Wildman–Crippen LogP) is 5.80. The quantitative estimate of drug-likeness (QED) is 0.141. The summed E-state index contributed by atoms with van der Waals surface area (Å²) in [6, 6.07) is 0. The van der Waals surface area contributed by atoms with Crippen LogP contribution in [0.1, 0.15) is 162 Å². The van der Waals surface area contributed by atoms with Gasteiger partial charge in [-0.05, 0) is 26.2 Å². The molecular weight excluding hydrogens is 472 g/mol. The molecule has 35 heavy (non-hydrogen) atoms. The van der Waals surface area contributed by atoms with E-state index in [1.165, 1.54) is 96.3 Å². The SMILES string of the molecule is CC(=O)[O-].CCCCCCCC(=O)[O-].CCCCCCCCCCCCCCCCCC(=O)O.[Ca+2]. The van der Waals surface area contributed by atoms with Gasteiger partial charge in [-0.25, -0.2) is 0 Å². The van der Waals surface area contributed by atoms with Crippen LogP contribution in [0.25, 0.3) is 0 Å². The first-order valence-corrected chi connectivity index (χ1v) is 13.9. The Morgan fingerprint density at radius 1 is 0.514 bits per heavy atom. The van der Waals surface area contributed by atoms with Gasteiger partial charge in [0, 0.05) is 18.4 Å². The molecule has 0 saturated carbocycles. The van der Waals surface area contributed by atoms with Gasteiger partial charge in [0.05, 0.1) is 0 Å². The molecule has 0 unspecified atom stereocenters. The van der Waals surface area contributed by atoms with Gasteiger partial charge in [0.2, 0.25) is 0 Å². The van der Waals surface area contributed by atoms with Crippen molar-refractivity contribution in [3.8, 4) is 0 Å². The fourth-order valence-corrected chi connectivity index (χ4v) is 3.52. The van der Waals surface area contributed by atoms with E-state index >= 15 is 0 Å². The molecule has 7 heteroatoms. The van der Waals surface area contributed by atoms with Gasteiger partial charge in [-0.2, -0.15) is 0 Å². The van der Waals surface area contributed by atoms with Crippen LogP contribution < -0.4 is 10.2 Å². The fourth-order valence-electron chi connectivity index (χ4n) is 3.52. The van der Waals surface area contributed by atoms with Crippen molar-refractivity contribution in [3.05, 3.63) is 0 Å². The fraction of sp³-hybridized carbons (Fsp3) is 0.893. The van der Waals surface area contributed by atoms with Crippen molar-refractivity contribution in [2.45, 2.75) is 162 Å². The zero-order valence-corrected chi connectivity index (χ0v) is 25.5. The average molecular weight is 527 g/mol. The minimum Gasteiger partial charge on any atom is -0.550 e. The molecule has 0 amide bonds. The molecular formula is C28H54CaO6. The molecule has 0 atom stereocenters. The van der Waals surface area contributed by atoms with Gasteiger partial charge >= 0.3 is 43.7 Å². The summed E-state index contributed by atoms with van der Waals surface area (Å²) in [5.74, 6) is -2.66. The van der Waals surface area contributed by atoms with E-state index in [0.29, 0.717) is 6.42 Å². The van der Waals surface area contributed by atoms with Crippen molar-refractivity contribution in [3.63, 3.8) is 0 Å². The van der Waals surface area contributed by atoms with E-state index in [1.54, 1.807) is 0 Å². The molecule has 1 N–H and O–H groups in total. The van der Waals surface area contributed by atoms with Crippen LogP contribution in [0.4, 0.5) is 0 Å². The van der Waals surface area contributed by atoms with Gasteiger partial charge in [-0.3, -0.25) is 4.79 Å². The number of carboxylic acid groups (broad SMARTS) is 3. The van der Waals surface area contributed by atoms with Gasteiger partial charge in [-0.15, -0.1) is 0 Å². The molecule has 204 valence electrons. The summed E-state index contributed by atoms with van der Waals surface area (Å²) in [6.45, 7) is 5.38. The molecule has 0 radical (unpaired) electrons. The number of carbonyl (C=O) groups is 3. The van der Waals surface area contributed by atoms with Crippen molar-refractivity contribution in [2.24, 2.45) is 0 Å². The van der Waals surface area contributed by atoms with E-state index < -0.39 is 17.9 Å². The smallest absolute Gasteiger partial charge is 0.550 e. The van der Waals surface area contributed by atoms with Gasteiger partial charge in [0.15, 0.2) is 0 Å². The summed E-state index contributed by atoms with van der Waals surface area (Å²) in [6.07, 6.45) is 25.8. The Morgan fingerprint density at radius 2 is 0.743 bits per heavy atom. The maximum Gasteiger partial charge on any atom is 2.00 e. The first-order chi connectivity index (χ1) is 16.3. The van der Waals surface area contributed by atoms with Crippen LogP contribution >= 0.6 is 0 Å². The second kappa shape index (κ2) is 38.2. The Kier molecular flexibility index (Phi) is 45.6. The van der Waals surface area contributed by atoms with Crippen LogP contribution in [-0.2, 0) is 14.4 Å². The van der Waals surface area contributed by atoms with E-state index in [-0.39, 0.29) is 44.2 Å². The monoisotopic (exact) mass is 526 g/mol. The van der Waals surface area contributed by atoms with Crippen LogP contribution in [0.3, 0.4) is 0 Å². The molecule has 0 rings (SSSR count). The normalized spacial score (nSPS) is 9.69. The predicted molar refractivity (Wildman–Crippen MR) is 142 cm³/mol. The van der Waals surface area contributed by atoms with Crippen LogP contribution in [0, 0.1) is 0 Å². The Hall–Kier alpha value is -0.330. The van der Waals surface area contributed by atoms with Crippen LogP contribution in [0.2, 0.25) is 0 Å². The molecule has 0 aliphatic carbocycles. The van der Waals surface area contributed by atoms with Gasteiger partial charge in [0.25, 0.3) is 0 Å². The average Bonchev–Trinajstić information content (AvgIpc) is 2.76.